The summed E-state index contributed by atoms with van der Waals surface area (Å²) in [5, 5.41) is 26.8. The minimum absolute atomic E-state index is 0.0208. The molecule has 0 aromatic heterocycles. The van der Waals surface area contributed by atoms with Gasteiger partial charge in [0.25, 0.3) is 0 Å². The first-order valence-electron chi connectivity index (χ1n) is 3.47. The number of aromatic hydroxyl groups is 2. The lowest BCUT2D eigenvalue weighted by Gasteiger charge is -2.04. The van der Waals surface area contributed by atoms with Gasteiger partial charge in [0, 0.05) is 5.56 Å². The SMILES string of the molecule is C=C(C(=O)O)c1cccc(O)c1O. The molecule has 0 radical (unpaired) electrons. The zero-order valence-corrected chi connectivity index (χ0v) is 6.69. The van der Waals surface area contributed by atoms with Crippen molar-refractivity contribution < 1.29 is 20.1 Å². The topological polar surface area (TPSA) is 77.8 Å². The Morgan fingerprint density at radius 1 is 1.31 bits per heavy atom. The van der Waals surface area contributed by atoms with E-state index in [1.807, 2.05) is 0 Å². The van der Waals surface area contributed by atoms with Gasteiger partial charge in [0.1, 0.15) is 0 Å². The summed E-state index contributed by atoms with van der Waals surface area (Å²) in [6, 6.07) is 4.05. The fourth-order valence-corrected chi connectivity index (χ4v) is 0.890. The zero-order chi connectivity index (χ0) is 10.0. The molecular formula is C9H8O4. The Balaban J connectivity index is 3.23. The minimum Gasteiger partial charge on any atom is -0.504 e. The Morgan fingerprint density at radius 3 is 2.46 bits per heavy atom. The number of carboxylic acid groups (broad SMARTS) is 1. The Kier molecular flexibility index (Phi) is 2.23. The van der Waals surface area contributed by atoms with E-state index in [-0.39, 0.29) is 16.9 Å². The highest BCUT2D eigenvalue weighted by Gasteiger charge is 2.13. The molecule has 0 unspecified atom stereocenters. The molecule has 0 aliphatic carbocycles. The van der Waals surface area contributed by atoms with Crippen LogP contribution in [0.5, 0.6) is 11.5 Å². The molecule has 0 amide bonds. The second-order valence-electron chi connectivity index (χ2n) is 2.46. The summed E-state index contributed by atoms with van der Waals surface area (Å²) in [5.74, 6) is -2.06. The maximum atomic E-state index is 10.5. The number of phenolic OH excluding ortho intramolecular Hbond substituents is 2. The van der Waals surface area contributed by atoms with Crippen molar-refractivity contribution >= 4 is 11.5 Å². The van der Waals surface area contributed by atoms with Crippen molar-refractivity contribution in [3.8, 4) is 11.5 Å². The first kappa shape index (κ1) is 9.12. The second kappa shape index (κ2) is 3.18. The van der Waals surface area contributed by atoms with E-state index in [1.165, 1.54) is 18.2 Å². The molecule has 0 spiro atoms. The lowest BCUT2D eigenvalue weighted by atomic mass is 10.1. The molecule has 0 atom stereocenters. The largest absolute Gasteiger partial charge is 0.504 e. The maximum Gasteiger partial charge on any atom is 0.335 e. The van der Waals surface area contributed by atoms with Crippen LogP contribution in [-0.4, -0.2) is 21.3 Å². The van der Waals surface area contributed by atoms with Gasteiger partial charge in [-0.25, -0.2) is 4.79 Å². The van der Waals surface area contributed by atoms with E-state index in [4.69, 9.17) is 10.2 Å². The molecule has 1 aromatic rings. The van der Waals surface area contributed by atoms with Crippen LogP contribution in [0, 0.1) is 0 Å². The third-order valence-electron chi connectivity index (χ3n) is 1.60. The summed E-state index contributed by atoms with van der Waals surface area (Å²) in [4.78, 5) is 10.5. The van der Waals surface area contributed by atoms with Gasteiger partial charge in [0.05, 0.1) is 5.57 Å². The van der Waals surface area contributed by atoms with Crippen LogP contribution in [0.2, 0.25) is 0 Å². The van der Waals surface area contributed by atoms with Gasteiger partial charge in [-0.2, -0.15) is 0 Å². The minimum atomic E-state index is -1.24. The summed E-state index contributed by atoms with van der Waals surface area (Å²) in [5.41, 5.74) is -0.235. The number of rotatable bonds is 2. The van der Waals surface area contributed by atoms with Crippen LogP contribution in [0.1, 0.15) is 5.56 Å². The number of benzene rings is 1. The molecule has 68 valence electrons. The van der Waals surface area contributed by atoms with Crippen LogP contribution in [0.15, 0.2) is 24.8 Å². The predicted octanol–water partition coefficient (Wildman–Crippen LogP) is 1.20. The van der Waals surface area contributed by atoms with Crippen molar-refractivity contribution in [1.29, 1.82) is 0 Å². The summed E-state index contributed by atoms with van der Waals surface area (Å²) in [6.07, 6.45) is 0. The van der Waals surface area contributed by atoms with Gasteiger partial charge in [0.15, 0.2) is 11.5 Å². The first-order chi connectivity index (χ1) is 6.04. The summed E-state index contributed by atoms with van der Waals surface area (Å²) >= 11 is 0. The van der Waals surface area contributed by atoms with Crippen molar-refractivity contribution in [1.82, 2.24) is 0 Å². The Bertz CT molecular complexity index is 368. The van der Waals surface area contributed by atoms with Crippen molar-refractivity contribution in [3.05, 3.63) is 30.3 Å². The molecule has 3 N–H and O–H groups in total. The lowest BCUT2D eigenvalue weighted by molar-refractivity contribution is -0.130. The maximum absolute atomic E-state index is 10.5. The monoisotopic (exact) mass is 180 g/mol. The summed E-state index contributed by atoms with van der Waals surface area (Å²) in [7, 11) is 0. The fraction of sp³-hybridized carbons (Fsp3) is 0. The second-order valence-corrected chi connectivity index (χ2v) is 2.46. The number of phenols is 2. The smallest absolute Gasteiger partial charge is 0.335 e. The van der Waals surface area contributed by atoms with Crippen LogP contribution in [0.4, 0.5) is 0 Å². The highest BCUT2D eigenvalue weighted by molar-refractivity contribution is 6.15. The number of hydrogen-bond donors (Lipinski definition) is 3. The third kappa shape index (κ3) is 1.61. The van der Waals surface area contributed by atoms with Gasteiger partial charge in [-0.15, -0.1) is 0 Å². The van der Waals surface area contributed by atoms with E-state index in [9.17, 15) is 9.90 Å². The van der Waals surface area contributed by atoms with Gasteiger partial charge >= 0.3 is 5.97 Å². The molecular weight excluding hydrogens is 172 g/mol. The normalized spacial score (nSPS) is 9.54. The van der Waals surface area contributed by atoms with Gasteiger partial charge in [-0.3, -0.25) is 0 Å². The van der Waals surface area contributed by atoms with Gasteiger partial charge in [-0.1, -0.05) is 18.7 Å². The Hall–Kier alpha value is -1.97. The highest BCUT2D eigenvalue weighted by atomic mass is 16.4. The molecule has 0 bridgehead atoms. The van der Waals surface area contributed by atoms with Crippen LogP contribution in [-0.2, 0) is 4.79 Å². The predicted molar refractivity (Wildman–Crippen MR) is 46.4 cm³/mol. The van der Waals surface area contributed by atoms with E-state index in [0.717, 1.165) is 0 Å². The molecule has 0 aliphatic heterocycles. The number of carboxylic acids is 1. The number of aliphatic carboxylic acids is 1. The summed E-state index contributed by atoms with van der Waals surface area (Å²) in [6.45, 7) is 3.26. The number of hydrogen-bond acceptors (Lipinski definition) is 3. The van der Waals surface area contributed by atoms with Crippen molar-refractivity contribution in [2.45, 2.75) is 0 Å². The van der Waals surface area contributed by atoms with Crippen LogP contribution in [0.25, 0.3) is 5.57 Å². The van der Waals surface area contributed by atoms with E-state index in [1.54, 1.807) is 0 Å². The molecule has 0 saturated carbocycles. The van der Waals surface area contributed by atoms with E-state index < -0.39 is 11.7 Å². The molecule has 1 rings (SSSR count). The van der Waals surface area contributed by atoms with E-state index >= 15 is 0 Å². The molecule has 4 nitrogen and oxygen atoms in total. The molecule has 1 aromatic carbocycles. The molecule has 0 fully saturated rings. The van der Waals surface area contributed by atoms with Crippen molar-refractivity contribution in [2.75, 3.05) is 0 Å². The number of para-hydroxylation sites is 1. The summed E-state index contributed by atoms with van der Waals surface area (Å²) < 4.78 is 0. The molecule has 13 heavy (non-hydrogen) atoms. The standard InChI is InChI=1S/C9H8O4/c1-5(9(12)13)6-3-2-4-7(10)8(6)11/h2-4,10-11H,1H2,(H,12,13). The van der Waals surface area contributed by atoms with Crippen LogP contribution >= 0.6 is 0 Å². The molecule has 4 heteroatoms. The average Bonchev–Trinajstić information content (AvgIpc) is 2.08. The molecule has 0 heterocycles. The van der Waals surface area contributed by atoms with Crippen molar-refractivity contribution in [3.63, 3.8) is 0 Å². The Labute approximate surface area is 74.4 Å². The average molecular weight is 180 g/mol. The molecule has 0 saturated heterocycles. The molecule has 0 aliphatic rings. The quantitative estimate of drug-likeness (QED) is 0.472. The van der Waals surface area contributed by atoms with E-state index in [2.05, 4.69) is 6.58 Å². The van der Waals surface area contributed by atoms with E-state index in [0.29, 0.717) is 0 Å². The lowest BCUT2D eigenvalue weighted by Crippen LogP contribution is -1.97. The van der Waals surface area contributed by atoms with Crippen molar-refractivity contribution in [2.24, 2.45) is 0 Å². The third-order valence-corrected chi connectivity index (χ3v) is 1.60. The van der Waals surface area contributed by atoms with Gasteiger partial charge in [0.2, 0.25) is 0 Å². The highest BCUT2D eigenvalue weighted by Crippen LogP contribution is 2.32. The van der Waals surface area contributed by atoms with Crippen LogP contribution in [0.3, 0.4) is 0 Å². The first-order valence-corrected chi connectivity index (χ1v) is 3.47. The zero-order valence-electron chi connectivity index (χ0n) is 6.69. The Morgan fingerprint density at radius 2 is 1.92 bits per heavy atom. The number of carbonyl (C=O) groups is 1. The van der Waals surface area contributed by atoms with Gasteiger partial charge < -0.3 is 15.3 Å². The van der Waals surface area contributed by atoms with Gasteiger partial charge in [-0.05, 0) is 6.07 Å². The van der Waals surface area contributed by atoms with Crippen LogP contribution < -0.4 is 0 Å². The fourth-order valence-electron chi connectivity index (χ4n) is 0.890.